The van der Waals surface area contributed by atoms with Crippen molar-refractivity contribution in [1.82, 2.24) is 10.2 Å². The lowest BCUT2D eigenvalue weighted by atomic mass is 10.1. The lowest BCUT2D eigenvalue weighted by Crippen LogP contribution is -2.46. The van der Waals surface area contributed by atoms with E-state index in [0.717, 1.165) is 12.0 Å². The molecular weight excluding hydrogens is 384 g/mol. The molecule has 2 aliphatic rings. The number of nitrogens with one attached hydrogen (secondary N) is 1. The Kier molecular flexibility index (Phi) is 5.43. The summed E-state index contributed by atoms with van der Waals surface area (Å²) >= 11 is 6.25. The molecule has 28 heavy (non-hydrogen) atoms. The molecule has 0 aliphatic carbocycles. The number of likely N-dealkylation sites (tertiary alicyclic amines) is 1. The fraction of sp³-hybridized carbons (Fsp3) is 0.400. The number of hydrogen-bond acceptors (Lipinski definition) is 5. The molecule has 1 aromatic heterocycles. The minimum Gasteiger partial charge on any atom is -0.486 e. The zero-order valence-corrected chi connectivity index (χ0v) is 16.0. The second kappa shape index (κ2) is 8.14. The van der Waals surface area contributed by atoms with Crippen LogP contribution in [0.5, 0.6) is 11.5 Å². The van der Waals surface area contributed by atoms with Crippen molar-refractivity contribution >= 4 is 23.4 Å². The van der Waals surface area contributed by atoms with Gasteiger partial charge >= 0.3 is 0 Å². The minimum atomic E-state index is -0.471. The van der Waals surface area contributed by atoms with Gasteiger partial charge in [-0.05, 0) is 49.1 Å². The van der Waals surface area contributed by atoms with Crippen LogP contribution in [0.15, 0.2) is 34.9 Å². The molecule has 148 valence electrons. The van der Waals surface area contributed by atoms with E-state index in [0.29, 0.717) is 55.7 Å². The van der Waals surface area contributed by atoms with E-state index in [1.54, 1.807) is 17.0 Å². The van der Waals surface area contributed by atoms with E-state index in [4.69, 9.17) is 25.5 Å². The van der Waals surface area contributed by atoms with Crippen molar-refractivity contribution in [3.8, 4) is 11.5 Å². The number of fused-ring (bicyclic) bond motifs is 1. The molecule has 1 aromatic carbocycles. The van der Waals surface area contributed by atoms with Gasteiger partial charge in [0.1, 0.15) is 19.3 Å². The van der Waals surface area contributed by atoms with Gasteiger partial charge in [-0.25, -0.2) is 0 Å². The van der Waals surface area contributed by atoms with E-state index in [1.807, 2.05) is 12.1 Å². The van der Waals surface area contributed by atoms with E-state index >= 15 is 0 Å². The molecule has 8 heteroatoms. The summed E-state index contributed by atoms with van der Waals surface area (Å²) in [6.45, 7) is 1.96. The molecule has 0 radical (unpaired) electrons. The predicted molar refractivity (Wildman–Crippen MR) is 102 cm³/mol. The molecule has 0 spiro atoms. The number of halogens is 1. The Bertz CT molecular complexity index is 868. The van der Waals surface area contributed by atoms with E-state index in [-0.39, 0.29) is 17.6 Å². The number of carbonyl (C=O) groups is 2. The summed E-state index contributed by atoms with van der Waals surface area (Å²) in [5, 5.41) is 3.43. The molecular formula is C20H21ClN2O5. The molecule has 1 N–H and O–H groups in total. The lowest BCUT2D eigenvalue weighted by Gasteiger charge is -2.23. The Hall–Kier alpha value is -2.67. The Morgan fingerprint density at radius 3 is 2.93 bits per heavy atom. The van der Waals surface area contributed by atoms with E-state index in [9.17, 15) is 9.59 Å². The minimum absolute atomic E-state index is 0.152. The van der Waals surface area contributed by atoms with Gasteiger partial charge in [0.05, 0.1) is 11.3 Å². The second-order valence-electron chi connectivity index (χ2n) is 6.78. The summed E-state index contributed by atoms with van der Waals surface area (Å²) in [4.78, 5) is 26.7. The normalized spacial score (nSPS) is 18.2. The summed E-state index contributed by atoms with van der Waals surface area (Å²) in [6.07, 6.45) is 3.49. The van der Waals surface area contributed by atoms with Crippen LogP contribution in [0.1, 0.15) is 29.0 Å². The Morgan fingerprint density at radius 1 is 1.25 bits per heavy atom. The van der Waals surface area contributed by atoms with Gasteiger partial charge in [-0.3, -0.25) is 9.59 Å². The lowest BCUT2D eigenvalue weighted by molar-refractivity contribution is -0.124. The summed E-state index contributed by atoms with van der Waals surface area (Å²) in [5.41, 5.74) is 0.949. The smallest absolute Gasteiger partial charge is 0.290 e. The predicted octanol–water partition coefficient (Wildman–Crippen LogP) is 2.67. The molecule has 2 amide bonds. The molecule has 1 saturated heterocycles. The van der Waals surface area contributed by atoms with E-state index in [2.05, 4.69) is 5.32 Å². The van der Waals surface area contributed by atoms with Gasteiger partial charge in [0.15, 0.2) is 17.3 Å². The zero-order chi connectivity index (χ0) is 19.5. The fourth-order valence-corrected chi connectivity index (χ4v) is 3.87. The van der Waals surface area contributed by atoms with Gasteiger partial charge in [-0.2, -0.15) is 0 Å². The molecule has 7 nitrogen and oxygen atoms in total. The SMILES string of the molecule is O=C(NCCc1cc(Cl)c2c(c1)OCCO2)C1CCCN1C(=O)c1ccco1. The maximum atomic E-state index is 12.6. The number of benzene rings is 1. The van der Waals surface area contributed by atoms with E-state index < -0.39 is 6.04 Å². The average Bonchev–Trinajstić information content (AvgIpc) is 3.39. The highest BCUT2D eigenvalue weighted by atomic mass is 35.5. The molecule has 1 fully saturated rings. The van der Waals surface area contributed by atoms with Crippen LogP contribution in [-0.4, -0.2) is 49.1 Å². The standard InChI is InChI=1S/C20H21ClN2O5/c21-14-11-13(12-17-18(14)28-10-9-27-17)5-6-22-19(24)15-3-1-7-23(15)20(25)16-4-2-8-26-16/h2,4,8,11-12,15H,1,3,5-7,9-10H2,(H,22,24). The number of rotatable bonds is 5. The number of nitrogens with zero attached hydrogens (tertiary/aromatic N) is 1. The van der Waals surface area contributed by atoms with Gasteiger partial charge in [-0.1, -0.05) is 11.6 Å². The van der Waals surface area contributed by atoms with Crippen LogP contribution < -0.4 is 14.8 Å². The van der Waals surface area contributed by atoms with Crippen molar-refractivity contribution in [3.63, 3.8) is 0 Å². The first-order chi connectivity index (χ1) is 13.6. The molecule has 3 heterocycles. The van der Waals surface area contributed by atoms with Crippen LogP contribution >= 0.6 is 11.6 Å². The first-order valence-electron chi connectivity index (χ1n) is 9.33. The monoisotopic (exact) mass is 404 g/mol. The fourth-order valence-electron chi connectivity index (χ4n) is 3.58. The van der Waals surface area contributed by atoms with E-state index in [1.165, 1.54) is 6.26 Å². The first-order valence-corrected chi connectivity index (χ1v) is 9.71. The largest absolute Gasteiger partial charge is 0.486 e. The van der Waals surface area contributed by atoms with Gasteiger partial charge < -0.3 is 24.1 Å². The maximum absolute atomic E-state index is 12.6. The van der Waals surface area contributed by atoms with Gasteiger partial charge in [-0.15, -0.1) is 0 Å². The third kappa shape index (κ3) is 3.80. The van der Waals surface area contributed by atoms with Crippen molar-refractivity contribution < 1.29 is 23.5 Å². The summed E-state index contributed by atoms with van der Waals surface area (Å²) in [6, 6.07) is 6.51. The molecule has 0 bridgehead atoms. The van der Waals surface area contributed by atoms with Crippen LogP contribution in [0, 0.1) is 0 Å². The molecule has 0 saturated carbocycles. The highest BCUT2D eigenvalue weighted by molar-refractivity contribution is 6.32. The number of ether oxygens (including phenoxy) is 2. The van der Waals surface area contributed by atoms with Crippen molar-refractivity contribution in [3.05, 3.63) is 46.9 Å². The van der Waals surface area contributed by atoms with Gasteiger partial charge in [0.2, 0.25) is 5.91 Å². The summed E-state index contributed by atoms with van der Waals surface area (Å²) < 4.78 is 16.3. The highest BCUT2D eigenvalue weighted by Crippen LogP contribution is 2.38. The van der Waals surface area contributed by atoms with Crippen LogP contribution in [-0.2, 0) is 11.2 Å². The molecule has 2 aliphatic heterocycles. The number of hydrogen-bond donors (Lipinski definition) is 1. The quantitative estimate of drug-likeness (QED) is 0.828. The third-order valence-corrected chi connectivity index (χ3v) is 5.20. The number of amides is 2. The van der Waals surface area contributed by atoms with Crippen molar-refractivity contribution in [1.29, 1.82) is 0 Å². The summed E-state index contributed by atoms with van der Waals surface area (Å²) in [5.74, 6) is 1.05. The number of carbonyl (C=O) groups excluding carboxylic acids is 2. The molecule has 2 aromatic rings. The average molecular weight is 405 g/mol. The molecule has 4 rings (SSSR count). The maximum Gasteiger partial charge on any atom is 0.290 e. The van der Waals surface area contributed by atoms with Gasteiger partial charge in [0.25, 0.3) is 5.91 Å². The van der Waals surface area contributed by atoms with Crippen LogP contribution in [0.4, 0.5) is 0 Å². The Labute approximate surface area is 167 Å². The molecule has 1 atom stereocenters. The highest BCUT2D eigenvalue weighted by Gasteiger charge is 2.35. The van der Waals surface area contributed by atoms with Crippen molar-refractivity contribution in [2.75, 3.05) is 26.3 Å². The van der Waals surface area contributed by atoms with Crippen LogP contribution in [0.2, 0.25) is 5.02 Å². The topological polar surface area (TPSA) is 81.0 Å². The third-order valence-electron chi connectivity index (χ3n) is 4.92. The Morgan fingerprint density at radius 2 is 2.11 bits per heavy atom. The Balaban J connectivity index is 1.34. The first kappa shape index (κ1) is 18.7. The van der Waals surface area contributed by atoms with Crippen LogP contribution in [0.25, 0.3) is 0 Å². The van der Waals surface area contributed by atoms with Crippen molar-refractivity contribution in [2.24, 2.45) is 0 Å². The molecule has 1 unspecified atom stereocenters. The van der Waals surface area contributed by atoms with Gasteiger partial charge in [0, 0.05) is 13.1 Å². The number of furan rings is 1. The van der Waals surface area contributed by atoms with Crippen LogP contribution in [0.3, 0.4) is 0 Å². The summed E-state index contributed by atoms with van der Waals surface area (Å²) in [7, 11) is 0. The zero-order valence-electron chi connectivity index (χ0n) is 15.3. The van der Waals surface area contributed by atoms with Crippen molar-refractivity contribution in [2.45, 2.75) is 25.3 Å². The second-order valence-corrected chi connectivity index (χ2v) is 7.18.